The Hall–Kier alpha value is -5.49. The standard InChI is InChI=1S/C52H62N8O4/c1-26(2)46(53)50(61)59-35-15-12-31(21-35)42(59)24-43-54-25-41(55-43)29-8-6-28(7-9-29)37-17-18-38(45-33-11-10-32(20-33)44(37)45)30-14-19-39-40(23-30)57-49(56-39)48-34-13-16-36(22-34)60(48)51(62)47(27(3)4)58-52(63)64-5/h6-9,14,17-19,23,25-27,31-36,42,46-48H,10-13,15-16,20-22,24,53H2,1-5H3,(H,54,55)(H,56,57)(H,58,63). The van der Waals surface area contributed by atoms with Crippen molar-refractivity contribution in [3.8, 4) is 33.5 Å². The van der Waals surface area contributed by atoms with Gasteiger partial charge in [-0.2, -0.15) is 0 Å². The number of methoxy groups -OCH3 is 1. The zero-order valence-corrected chi connectivity index (χ0v) is 37.8. The first-order valence-corrected chi connectivity index (χ1v) is 24.0. The van der Waals surface area contributed by atoms with Crippen molar-refractivity contribution in [3.05, 3.63) is 83.6 Å². The number of aromatic nitrogens is 4. The van der Waals surface area contributed by atoms with E-state index in [2.05, 4.69) is 74.8 Å². The van der Waals surface area contributed by atoms with Gasteiger partial charge in [0, 0.05) is 24.5 Å². The maximum atomic E-state index is 14.2. The highest BCUT2D eigenvalue weighted by molar-refractivity contribution is 5.89. The number of nitrogens with zero attached hydrogens (tertiary/aromatic N) is 4. The first-order chi connectivity index (χ1) is 30.9. The second-order valence-corrected chi connectivity index (χ2v) is 20.7. The molecule has 12 nitrogen and oxygen atoms in total. The lowest BCUT2D eigenvalue weighted by atomic mass is 9.81. The Morgan fingerprint density at radius 3 is 2.12 bits per heavy atom. The van der Waals surface area contributed by atoms with Crippen LogP contribution in [-0.2, 0) is 20.7 Å². The Bertz CT molecular complexity index is 2630. The van der Waals surface area contributed by atoms with Crippen LogP contribution in [0, 0.1) is 23.7 Å². The molecule has 2 aliphatic heterocycles. The zero-order valence-electron chi connectivity index (χ0n) is 37.8. The SMILES string of the molecule is COC(=O)NC(C(=O)N1C2CCC(C2)C1c1nc2ccc(-c3ccc(-c4ccc(-c5cnc(CC6C7CCC(C7)N6C(=O)C(N)C(C)C)[nH]5)cc4)c4c3C3CCC4C3)cc2[nH]1)C(C)C. The molecule has 64 heavy (non-hydrogen) atoms. The third-order valence-corrected chi connectivity index (χ3v) is 16.4. The van der Waals surface area contributed by atoms with Gasteiger partial charge >= 0.3 is 6.09 Å². The van der Waals surface area contributed by atoms with Gasteiger partial charge in [0.25, 0.3) is 0 Å². The van der Waals surface area contributed by atoms with Crippen LogP contribution in [0.3, 0.4) is 0 Å². The number of aromatic amines is 2. The first kappa shape index (κ1) is 41.2. The Labute approximate surface area is 375 Å². The molecule has 5 N–H and O–H groups in total. The lowest BCUT2D eigenvalue weighted by molar-refractivity contribution is -0.139. The van der Waals surface area contributed by atoms with E-state index in [9.17, 15) is 14.4 Å². The number of nitrogens with one attached hydrogen (secondary N) is 3. The van der Waals surface area contributed by atoms with E-state index < -0.39 is 18.2 Å². The van der Waals surface area contributed by atoms with Crippen molar-refractivity contribution in [1.29, 1.82) is 0 Å². The maximum Gasteiger partial charge on any atom is 0.407 e. The van der Waals surface area contributed by atoms with E-state index in [0.717, 1.165) is 72.5 Å². The molecule has 5 fully saturated rings. The average molecular weight is 863 g/mol. The van der Waals surface area contributed by atoms with Gasteiger partial charge in [-0.3, -0.25) is 9.59 Å². The molecule has 6 aliphatic rings. The molecule has 0 radical (unpaired) electrons. The summed E-state index contributed by atoms with van der Waals surface area (Å²) < 4.78 is 4.88. The van der Waals surface area contributed by atoms with Crippen LogP contribution in [0.4, 0.5) is 4.79 Å². The van der Waals surface area contributed by atoms with Crippen molar-refractivity contribution in [2.24, 2.45) is 29.4 Å². The molecule has 10 atom stereocenters. The highest BCUT2D eigenvalue weighted by Crippen LogP contribution is 2.58. The van der Waals surface area contributed by atoms with Gasteiger partial charge in [0.1, 0.15) is 17.7 Å². The van der Waals surface area contributed by atoms with E-state index in [-0.39, 0.29) is 41.8 Å². The number of nitrogens with two attached hydrogens (primary N) is 1. The number of hydrogen-bond acceptors (Lipinski definition) is 7. The number of likely N-dealkylation sites (tertiary alicyclic amines) is 2. The number of carbonyl (C=O) groups is 3. The number of fused-ring (bicyclic) bond motifs is 10. The maximum absolute atomic E-state index is 14.2. The van der Waals surface area contributed by atoms with Crippen LogP contribution in [0.1, 0.15) is 126 Å². The number of H-pyrrole nitrogens is 2. The summed E-state index contributed by atoms with van der Waals surface area (Å²) in [5, 5.41) is 2.81. The molecular formula is C52H62N8O4. The molecule has 3 amide bonds. The van der Waals surface area contributed by atoms with Gasteiger partial charge in [-0.25, -0.2) is 14.8 Å². The highest BCUT2D eigenvalue weighted by atomic mass is 16.5. The number of piperidine rings is 2. The van der Waals surface area contributed by atoms with Crippen LogP contribution in [-0.4, -0.2) is 85.0 Å². The van der Waals surface area contributed by atoms with E-state index >= 15 is 0 Å². The first-order valence-electron chi connectivity index (χ1n) is 24.0. The summed E-state index contributed by atoms with van der Waals surface area (Å²) in [5.74, 6) is 3.75. The largest absolute Gasteiger partial charge is 0.453 e. The van der Waals surface area contributed by atoms with Crippen molar-refractivity contribution < 1.29 is 19.1 Å². The van der Waals surface area contributed by atoms with Crippen LogP contribution in [0.15, 0.2) is 60.8 Å². The van der Waals surface area contributed by atoms with Gasteiger partial charge in [-0.1, -0.05) is 70.2 Å². The Morgan fingerprint density at radius 1 is 0.766 bits per heavy atom. The van der Waals surface area contributed by atoms with Gasteiger partial charge in [-0.15, -0.1) is 0 Å². The topological polar surface area (TPSA) is 162 Å². The van der Waals surface area contributed by atoms with E-state index in [0.29, 0.717) is 29.7 Å². The predicted octanol–water partition coefficient (Wildman–Crippen LogP) is 8.99. The smallest absolute Gasteiger partial charge is 0.407 e. The summed E-state index contributed by atoms with van der Waals surface area (Å²) in [6.07, 6.45) is 12.0. The second-order valence-electron chi connectivity index (χ2n) is 20.7. The quantitative estimate of drug-likeness (QED) is 0.103. The number of benzene rings is 3. The second kappa shape index (κ2) is 15.9. The van der Waals surface area contributed by atoms with Crippen molar-refractivity contribution in [3.63, 3.8) is 0 Å². The number of carbonyl (C=O) groups excluding carboxylic acids is 3. The molecule has 4 heterocycles. The summed E-state index contributed by atoms with van der Waals surface area (Å²) in [7, 11) is 1.33. The fourth-order valence-corrected chi connectivity index (χ4v) is 13.2. The van der Waals surface area contributed by atoms with Gasteiger partial charge in [0.05, 0.1) is 42.1 Å². The molecule has 2 aromatic heterocycles. The average Bonchev–Trinajstić information content (AvgIpc) is 4.17. The number of alkyl carbamates (subject to hydrolysis) is 1. The summed E-state index contributed by atoms with van der Waals surface area (Å²) >= 11 is 0. The van der Waals surface area contributed by atoms with Gasteiger partial charge in [-0.05, 0) is 144 Å². The lowest BCUT2D eigenvalue weighted by Crippen LogP contribution is -2.54. The summed E-state index contributed by atoms with van der Waals surface area (Å²) in [6, 6.07) is 19.5. The van der Waals surface area contributed by atoms with Crippen LogP contribution < -0.4 is 11.1 Å². The normalized spacial score (nSPS) is 27.3. The molecule has 2 saturated heterocycles. The minimum absolute atomic E-state index is 0.0644. The van der Waals surface area contributed by atoms with Gasteiger partial charge < -0.3 is 35.6 Å². The van der Waals surface area contributed by atoms with Crippen molar-refractivity contribution >= 4 is 28.9 Å². The minimum Gasteiger partial charge on any atom is -0.453 e. The monoisotopic (exact) mass is 862 g/mol. The van der Waals surface area contributed by atoms with Crippen LogP contribution in [0.5, 0.6) is 0 Å². The molecule has 10 unspecified atom stereocenters. The molecular weight excluding hydrogens is 801 g/mol. The van der Waals surface area contributed by atoms with Crippen molar-refractivity contribution in [2.45, 2.75) is 140 Å². The molecule has 4 aliphatic carbocycles. The number of ether oxygens (including phenoxy) is 1. The predicted molar refractivity (Wildman–Crippen MR) is 247 cm³/mol. The summed E-state index contributed by atoms with van der Waals surface area (Å²) in [6.45, 7) is 7.97. The molecule has 5 aromatic rings. The molecule has 0 spiro atoms. The van der Waals surface area contributed by atoms with Crippen LogP contribution in [0.2, 0.25) is 0 Å². The van der Waals surface area contributed by atoms with E-state index in [1.54, 1.807) is 0 Å². The lowest BCUT2D eigenvalue weighted by Gasteiger charge is -2.37. The van der Waals surface area contributed by atoms with Gasteiger partial charge in [0.15, 0.2) is 0 Å². The van der Waals surface area contributed by atoms with Gasteiger partial charge in [0.2, 0.25) is 11.8 Å². The zero-order chi connectivity index (χ0) is 44.1. The fourth-order valence-electron chi connectivity index (χ4n) is 13.2. The van der Waals surface area contributed by atoms with Crippen molar-refractivity contribution in [1.82, 2.24) is 35.1 Å². The third-order valence-electron chi connectivity index (χ3n) is 16.4. The van der Waals surface area contributed by atoms with E-state index in [1.807, 2.05) is 38.8 Å². The van der Waals surface area contributed by atoms with Crippen LogP contribution in [0.25, 0.3) is 44.5 Å². The molecule has 11 rings (SSSR count). The molecule has 3 aromatic carbocycles. The fraction of sp³-hybridized carbons (Fsp3) is 0.519. The third kappa shape index (κ3) is 6.76. The number of rotatable bonds is 11. The summed E-state index contributed by atoms with van der Waals surface area (Å²) in [4.78, 5) is 61.3. The highest BCUT2D eigenvalue weighted by Gasteiger charge is 2.52. The van der Waals surface area contributed by atoms with E-state index in [4.69, 9.17) is 20.4 Å². The van der Waals surface area contributed by atoms with E-state index in [1.165, 1.54) is 66.2 Å². The summed E-state index contributed by atoms with van der Waals surface area (Å²) in [5.41, 5.74) is 18.4. The van der Waals surface area contributed by atoms with Crippen molar-refractivity contribution in [2.75, 3.05) is 7.11 Å². The minimum atomic E-state index is -0.670. The number of amides is 3. The Morgan fingerprint density at radius 2 is 1.42 bits per heavy atom. The number of imidazole rings is 2. The number of hydrogen-bond donors (Lipinski definition) is 4. The molecule has 334 valence electrons. The Balaban J connectivity index is 0.843. The Kier molecular flexibility index (Phi) is 10.2. The molecule has 12 heteroatoms. The molecule has 3 saturated carbocycles. The molecule has 6 bridgehead atoms. The van der Waals surface area contributed by atoms with Crippen LogP contribution >= 0.6 is 0 Å².